The zero-order valence-electron chi connectivity index (χ0n) is 9.26. The maximum Gasteiger partial charge on any atom is 0.250 e. The molecule has 1 aliphatic rings. The number of hydrogen-bond donors (Lipinski definition) is 2. The normalized spacial score (nSPS) is 20.3. The van der Waals surface area contributed by atoms with Gasteiger partial charge in [-0.2, -0.15) is 0 Å². The predicted molar refractivity (Wildman–Crippen MR) is 64.5 cm³/mol. The van der Waals surface area contributed by atoms with Crippen LogP contribution in [0, 0.1) is 0 Å². The molecule has 96 valence electrons. The predicted octanol–water partition coefficient (Wildman–Crippen LogP) is 0.568. The Kier molecular flexibility index (Phi) is 3.84. The highest BCUT2D eigenvalue weighted by atomic mass is 32.2. The lowest BCUT2D eigenvalue weighted by Crippen LogP contribution is -2.54. The average molecular weight is 277 g/mol. The molecule has 1 fully saturated rings. The summed E-state index contributed by atoms with van der Waals surface area (Å²) in [6.45, 7) is 0.724. The van der Waals surface area contributed by atoms with Gasteiger partial charge in [0.1, 0.15) is 4.21 Å². The van der Waals surface area contributed by atoms with Crippen LogP contribution in [0.4, 0.5) is 0 Å². The summed E-state index contributed by atoms with van der Waals surface area (Å²) < 4.78 is 32.2. The summed E-state index contributed by atoms with van der Waals surface area (Å²) in [4.78, 5) is 0. The van der Waals surface area contributed by atoms with Crippen molar-refractivity contribution in [2.75, 3.05) is 19.8 Å². The molecular weight excluding hydrogens is 262 g/mol. The van der Waals surface area contributed by atoms with E-state index in [4.69, 9.17) is 4.74 Å². The largest absolute Gasteiger partial charge is 0.394 e. The lowest BCUT2D eigenvalue weighted by Gasteiger charge is -2.35. The van der Waals surface area contributed by atoms with Crippen molar-refractivity contribution >= 4 is 21.4 Å². The minimum Gasteiger partial charge on any atom is -0.394 e. The molecule has 1 aromatic heterocycles. The van der Waals surface area contributed by atoms with Crippen molar-refractivity contribution in [1.82, 2.24) is 4.72 Å². The number of aliphatic hydroxyl groups excluding tert-OH is 1. The van der Waals surface area contributed by atoms with Crippen molar-refractivity contribution in [1.29, 1.82) is 0 Å². The molecule has 0 amide bonds. The summed E-state index contributed by atoms with van der Waals surface area (Å²) in [5, 5.41) is 11.1. The molecule has 0 atom stereocenters. The van der Waals surface area contributed by atoms with Gasteiger partial charge in [-0.15, -0.1) is 11.3 Å². The molecular formula is C10H15NO4S2. The maximum absolute atomic E-state index is 12.1. The topological polar surface area (TPSA) is 75.6 Å². The molecule has 5 nitrogen and oxygen atoms in total. The highest BCUT2D eigenvalue weighted by molar-refractivity contribution is 7.91. The van der Waals surface area contributed by atoms with Gasteiger partial charge < -0.3 is 9.84 Å². The molecule has 0 radical (unpaired) electrons. The van der Waals surface area contributed by atoms with Gasteiger partial charge >= 0.3 is 0 Å². The van der Waals surface area contributed by atoms with Crippen molar-refractivity contribution in [2.45, 2.75) is 22.6 Å². The Hall–Kier alpha value is -0.470. The highest BCUT2D eigenvalue weighted by Crippen LogP contribution is 2.24. The van der Waals surface area contributed by atoms with Gasteiger partial charge in [-0.25, -0.2) is 13.1 Å². The summed E-state index contributed by atoms with van der Waals surface area (Å²) in [5.74, 6) is 0. The number of aliphatic hydroxyl groups is 1. The van der Waals surface area contributed by atoms with E-state index in [0.717, 1.165) is 11.3 Å². The van der Waals surface area contributed by atoms with Crippen LogP contribution in [0.2, 0.25) is 0 Å². The van der Waals surface area contributed by atoms with Crippen molar-refractivity contribution in [3.8, 4) is 0 Å². The first-order valence-corrected chi connectivity index (χ1v) is 7.70. The number of hydrogen-bond acceptors (Lipinski definition) is 5. The van der Waals surface area contributed by atoms with Crippen LogP contribution < -0.4 is 4.72 Å². The molecule has 1 aromatic rings. The zero-order valence-corrected chi connectivity index (χ0v) is 10.9. The Bertz CT molecular complexity index is 449. The lowest BCUT2D eigenvalue weighted by atomic mass is 9.93. The van der Waals surface area contributed by atoms with E-state index in [1.807, 2.05) is 0 Å². The quantitative estimate of drug-likeness (QED) is 0.843. The van der Waals surface area contributed by atoms with Crippen LogP contribution >= 0.6 is 11.3 Å². The lowest BCUT2D eigenvalue weighted by molar-refractivity contribution is 0.0223. The Labute approximate surface area is 104 Å². The second kappa shape index (κ2) is 5.03. The van der Waals surface area contributed by atoms with Crippen LogP contribution in [0.3, 0.4) is 0 Å². The van der Waals surface area contributed by atoms with E-state index in [1.165, 1.54) is 0 Å². The zero-order chi connectivity index (χ0) is 12.4. The van der Waals surface area contributed by atoms with Gasteiger partial charge in [-0.05, 0) is 24.3 Å². The summed E-state index contributed by atoms with van der Waals surface area (Å²) in [5.41, 5.74) is -0.777. The first-order valence-electron chi connectivity index (χ1n) is 5.34. The fourth-order valence-corrected chi connectivity index (χ4v) is 4.25. The van der Waals surface area contributed by atoms with Crippen molar-refractivity contribution in [3.63, 3.8) is 0 Å². The minimum atomic E-state index is -3.53. The Morgan fingerprint density at radius 2 is 2.18 bits per heavy atom. The molecule has 2 rings (SSSR count). The molecule has 0 unspecified atom stereocenters. The maximum atomic E-state index is 12.1. The van der Waals surface area contributed by atoms with Crippen LogP contribution in [-0.4, -0.2) is 38.9 Å². The number of thiophene rings is 1. The molecule has 17 heavy (non-hydrogen) atoms. The van der Waals surface area contributed by atoms with Crippen LogP contribution in [0.25, 0.3) is 0 Å². The van der Waals surface area contributed by atoms with E-state index in [1.54, 1.807) is 17.5 Å². The Morgan fingerprint density at radius 3 is 2.71 bits per heavy atom. The second-order valence-electron chi connectivity index (χ2n) is 4.09. The number of nitrogens with one attached hydrogen (secondary N) is 1. The van der Waals surface area contributed by atoms with Gasteiger partial charge in [-0.3, -0.25) is 0 Å². The second-order valence-corrected chi connectivity index (χ2v) is 6.95. The van der Waals surface area contributed by atoms with Crippen molar-refractivity contribution in [2.24, 2.45) is 0 Å². The van der Waals surface area contributed by atoms with Crippen molar-refractivity contribution in [3.05, 3.63) is 17.5 Å². The Balaban J connectivity index is 2.19. The SMILES string of the molecule is O=S(=O)(NC1(CO)CCOCC1)c1cccs1. The fourth-order valence-electron chi connectivity index (χ4n) is 1.81. The fraction of sp³-hybridized carbons (Fsp3) is 0.600. The van der Waals surface area contributed by atoms with E-state index >= 15 is 0 Å². The molecule has 1 aliphatic heterocycles. The van der Waals surface area contributed by atoms with Gasteiger partial charge in [-0.1, -0.05) is 6.07 Å². The van der Waals surface area contributed by atoms with Crippen LogP contribution in [0.1, 0.15) is 12.8 Å². The highest BCUT2D eigenvalue weighted by Gasteiger charge is 2.36. The van der Waals surface area contributed by atoms with Crippen LogP contribution in [0.15, 0.2) is 21.7 Å². The molecule has 0 aromatic carbocycles. The number of ether oxygens (including phenoxy) is 1. The molecule has 2 heterocycles. The third kappa shape index (κ3) is 2.86. The monoisotopic (exact) mass is 277 g/mol. The molecule has 0 aliphatic carbocycles. The van der Waals surface area contributed by atoms with Gasteiger partial charge in [0.15, 0.2) is 0 Å². The standard InChI is InChI=1S/C10H15NO4S2/c12-8-10(3-5-15-6-4-10)11-17(13,14)9-2-1-7-16-9/h1-2,7,11-12H,3-6,8H2. The minimum absolute atomic E-state index is 0.207. The molecule has 1 saturated heterocycles. The summed E-state index contributed by atoms with van der Waals surface area (Å²) in [6, 6.07) is 3.24. The number of sulfonamides is 1. The molecule has 2 N–H and O–H groups in total. The van der Waals surface area contributed by atoms with Crippen LogP contribution in [-0.2, 0) is 14.8 Å². The summed E-state index contributed by atoms with van der Waals surface area (Å²) in [6.07, 6.45) is 0.988. The molecule has 0 spiro atoms. The van der Waals surface area contributed by atoms with E-state index in [-0.39, 0.29) is 10.8 Å². The third-order valence-corrected chi connectivity index (χ3v) is 5.84. The molecule has 0 saturated carbocycles. The summed E-state index contributed by atoms with van der Waals surface area (Å²) >= 11 is 1.16. The third-order valence-electron chi connectivity index (χ3n) is 2.86. The van der Waals surface area contributed by atoms with E-state index < -0.39 is 15.6 Å². The smallest absolute Gasteiger partial charge is 0.250 e. The number of rotatable bonds is 4. The van der Waals surface area contributed by atoms with E-state index in [9.17, 15) is 13.5 Å². The first-order chi connectivity index (χ1) is 8.08. The van der Waals surface area contributed by atoms with Gasteiger partial charge in [0.2, 0.25) is 0 Å². The van der Waals surface area contributed by atoms with E-state index in [0.29, 0.717) is 26.1 Å². The first kappa shape index (κ1) is 13.0. The van der Waals surface area contributed by atoms with E-state index in [2.05, 4.69) is 4.72 Å². The average Bonchev–Trinajstić information content (AvgIpc) is 2.84. The van der Waals surface area contributed by atoms with Gasteiger partial charge in [0.25, 0.3) is 10.0 Å². The van der Waals surface area contributed by atoms with Gasteiger partial charge in [0.05, 0.1) is 12.1 Å². The molecule has 0 bridgehead atoms. The van der Waals surface area contributed by atoms with Gasteiger partial charge in [0, 0.05) is 13.2 Å². The summed E-state index contributed by atoms with van der Waals surface area (Å²) in [7, 11) is -3.53. The molecule has 7 heteroatoms. The van der Waals surface area contributed by atoms with Crippen molar-refractivity contribution < 1.29 is 18.3 Å². The Morgan fingerprint density at radius 1 is 1.47 bits per heavy atom. The van der Waals surface area contributed by atoms with Crippen LogP contribution in [0.5, 0.6) is 0 Å².